The lowest BCUT2D eigenvalue weighted by atomic mass is 9.94. The van der Waals surface area contributed by atoms with Crippen LogP contribution < -0.4 is 0 Å². The summed E-state index contributed by atoms with van der Waals surface area (Å²) in [5.74, 6) is -0.294. The summed E-state index contributed by atoms with van der Waals surface area (Å²) in [4.78, 5) is 26.0. The van der Waals surface area contributed by atoms with E-state index in [1.807, 2.05) is 42.2 Å². The quantitative estimate of drug-likeness (QED) is 0.590. The van der Waals surface area contributed by atoms with Crippen molar-refractivity contribution in [2.45, 2.75) is 51.5 Å². The van der Waals surface area contributed by atoms with Crippen LogP contribution in [0.5, 0.6) is 0 Å². The molecule has 1 amide bonds. The van der Waals surface area contributed by atoms with Gasteiger partial charge in [0, 0.05) is 18.7 Å². The molecular weight excluding hydrogens is 302 g/mol. The summed E-state index contributed by atoms with van der Waals surface area (Å²) in [5.41, 5.74) is 2.20. The van der Waals surface area contributed by atoms with Crippen molar-refractivity contribution < 1.29 is 14.3 Å². The molecule has 0 aromatic heterocycles. The fourth-order valence-electron chi connectivity index (χ4n) is 3.12. The van der Waals surface area contributed by atoms with Gasteiger partial charge in [-0.2, -0.15) is 0 Å². The van der Waals surface area contributed by atoms with Crippen LogP contribution in [0, 0.1) is 6.92 Å². The smallest absolute Gasteiger partial charge is 0.307 e. The lowest BCUT2D eigenvalue weighted by molar-refractivity contribution is -0.141. The number of carbonyl (C=O) groups excluding carboxylic acids is 2. The fourth-order valence-corrected chi connectivity index (χ4v) is 3.12. The predicted octanol–water partition coefficient (Wildman–Crippen LogP) is 3.73. The van der Waals surface area contributed by atoms with Gasteiger partial charge in [0.05, 0.1) is 13.5 Å². The van der Waals surface area contributed by atoms with Gasteiger partial charge in [0.25, 0.3) is 0 Å². The van der Waals surface area contributed by atoms with Gasteiger partial charge in [-0.25, -0.2) is 0 Å². The Morgan fingerprint density at radius 2 is 1.83 bits per heavy atom. The van der Waals surface area contributed by atoms with E-state index in [1.54, 1.807) is 6.08 Å². The minimum atomic E-state index is -0.272. The van der Waals surface area contributed by atoms with Crippen molar-refractivity contribution >= 4 is 18.0 Å². The topological polar surface area (TPSA) is 46.6 Å². The third-order valence-corrected chi connectivity index (χ3v) is 4.58. The molecule has 0 saturated heterocycles. The number of ether oxygens (including phenoxy) is 1. The van der Waals surface area contributed by atoms with Crippen LogP contribution in [-0.2, 0) is 14.3 Å². The summed E-state index contributed by atoms with van der Waals surface area (Å²) in [6.07, 6.45) is 9.28. The van der Waals surface area contributed by atoms with Gasteiger partial charge in [-0.05, 0) is 31.4 Å². The second-order valence-corrected chi connectivity index (χ2v) is 6.39. The van der Waals surface area contributed by atoms with E-state index < -0.39 is 0 Å². The molecule has 130 valence electrons. The Labute approximate surface area is 144 Å². The SMILES string of the molecule is COC(=O)CCN(C(=O)/C=C/c1ccc(C)cc1)C1CCCCC1. The molecule has 0 unspecified atom stereocenters. The number of benzene rings is 1. The van der Waals surface area contributed by atoms with Crippen molar-refractivity contribution in [2.75, 3.05) is 13.7 Å². The molecule has 0 heterocycles. The summed E-state index contributed by atoms with van der Waals surface area (Å²) >= 11 is 0. The van der Waals surface area contributed by atoms with Crippen LogP contribution in [0.15, 0.2) is 30.3 Å². The molecule has 0 atom stereocenters. The van der Waals surface area contributed by atoms with Crippen LogP contribution in [0.25, 0.3) is 6.08 Å². The van der Waals surface area contributed by atoms with Gasteiger partial charge in [0.1, 0.15) is 0 Å². The highest BCUT2D eigenvalue weighted by molar-refractivity contribution is 5.92. The average molecular weight is 329 g/mol. The van der Waals surface area contributed by atoms with Crippen LogP contribution in [0.4, 0.5) is 0 Å². The Bertz CT molecular complexity index is 571. The zero-order chi connectivity index (χ0) is 17.4. The maximum atomic E-state index is 12.7. The van der Waals surface area contributed by atoms with Crippen LogP contribution in [0.3, 0.4) is 0 Å². The van der Waals surface area contributed by atoms with E-state index in [-0.39, 0.29) is 24.3 Å². The first kappa shape index (κ1) is 18.2. The number of nitrogens with zero attached hydrogens (tertiary/aromatic N) is 1. The van der Waals surface area contributed by atoms with E-state index in [9.17, 15) is 9.59 Å². The molecule has 0 bridgehead atoms. The third kappa shape index (κ3) is 5.52. The van der Waals surface area contributed by atoms with E-state index in [2.05, 4.69) is 0 Å². The maximum absolute atomic E-state index is 12.7. The Morgan fingerprint density at radius 3 is 2.46 bits per heavy atom. The molecule has 2 rings (SSSR count). The van der Waals surface area contributed by atoms with Gasteiger partial charge in [-0.15, -0.1) is 0 Å². The highest BCUT2D eigenvalue weighted by Gasteiger charge is 2.24. The molecule has 1 aromatic carbocycles. The third-order valence-electron chi connectivity index (χ3n) is 4.58. The minimum absolute atomic E-state index is 0.0219. The van der Waals surface area contributed by atoms with E-state index in [1.165, 1.54) is 19.1 Å². The van der Waals surface area contributed by atoms with E-state index >= 15 is 0 Å². The van der Waals surface area contributed by atoms with Gasteiger partial charge in [0.15, 0.2) is 0 Å². The number of hydrogen-bond acceptors (Lipinski definition) is 3. The molecule has 0 aliphatic heterocycles. The van der Waals surface area contributed by atoms with Crippen molar-refractivity contribution in [1.29, 1.82) is 0 Å². The Hall–Kier alpha value is -2.10. The maximum Gasteiger partial charge on any atom is 0.307 e. The van der Waals surface area contributed by atoms with Crippen LogP contribution in [0.1, 0.15) is 49.7 Å². The molecule has 1 aliphatic rings. The Balaban J connectivity index is 2.04. The monoisotopic (exact) mass is 329 g/mol. The van der Waals surface area contributed by atoms with Crippen molar-refractivity contribution in [3.05, 3.63) is 41.5 Å². The predicted molar refractivity (Wildman–Crippen MR) is 95.4 cm³/mol. The molecule has 0 N–H and O–H groups in total. The van der Waals surface area contributed by atoms with Crippen molar-refractivity contribution in [2.24, 2.45) is 0 Å². The zero-order valence-electron chi connectivity index (χ0n) is 14.7. The van der Waals surface area contributed by atoms with E-state index in [0.29, 0.717) is 6.54 Å². The second-order valence-electron chi connectivity index (χ2n) is 6.39. The molecule has 0 radical (unpaired) electrons. The van der Waals surface area contributed by atoms with Crippen LogP contribution in [-0.4, -0.2) is 36.5 Å². The summed E-state index contributed by atoms with van der Waals surface area (Å²) < 4.78 is 4.71. The van der Waals surface area contributed by atoms with Gasteiger partial charge < -0.3 is 9.64 Å². The Kier molecular flexibility index (Phi) is 7.04. The normalized spacial score (nSPS) is 15.4. The van der Waals surface area contributed by atoms with E-state index in [0.717, 1.165) is 31.2 Å². The number of esters is 1. The molecule has 4 heteroatoms. The number of aryl methyl sites for hydroxylation is 1. The van der Waals surface area contributed by atoms with Crippen molar-refractivity contribution in [3.8, 4) is 0 Å². The second kappa shape index (κ2) is 9.26. The van der Waals surface area contributed by atoms with Gasteiger partial charge in [-0.3, -0.25) is 9.59 Å². The molecule has 4 nitrogen and oxygen atoms in total. The molecular formula is C20H27NO3. The fraction of sp³-hybridized carbons (Fsp3) is 0.500. The van der Waals surface area contributed by atoms with Crippen LogP contribution in [0.2, 0.25) is 0 Å². The lowest BCUT2D eigenvalue weighted by Gasteiger charge is -2.33. The van der Waals surface area contributed by atoms with Crippen molar-refractivity contribution in [3.63, 3.8) is 0 Å². The van der Waals surface area contributed by atoms with Gasteiger partial charge in [-0.1, -0.05) is 49.1 Å². The lowest BCUT2D eigenvalue weighted by Crippen LogP contribution is -2.41. The highest BCUT2D eigenvalue weighted by Crippen LogP contribution is 2.23. The zero-order valence-corrected chi connectivity index (χ0v) is 14.7. The molecule has 1 aromatic rings. The molecule has 1 fully saturated rings. The Morgan fingerprint density at radius 1 is 1.17 bits per heavy atom. The van der Waals surface area contributed by atoms with Gasteiger partial charge in [0.2, 0.25) is 5.91 Å². The highest BCUT2D eigenvalue weighted by atomic mass is 16.5. The first-order chi connectivity index (χ1) is 11.6. The largest absolute Gasteiger partial charge is 0.469 e. The van der Waals surface area contributed by atoms with Crippen LogP contribution >= 0.6 is 0 Å². The molecule has 1 saturated carbocycles. The number of hydrogen-bond donors (Lipinski definition) is 0. The number of methoxy groups -OCH3 is 1. The first-order valence-electron chi connectivity index (χ1n) is 8.72. The summed E-state index contributed by atoms with van der Waals surface area (Å²) in [6, 6.07) is 8.29. The minimum Gasteiger partial charge on any atom is -0.469 e. The summed E-state index contributed by atoms with van der Waals surface area (Å²) in [5, 5.41) is 0. The average Bonchev–Trinajstić information content (AvgIpc) is 2.62. The van der Waals surface area contributed by atoms with Gasteiger partial charge >= 0.3 is 5.97 Å². The summed E-state index contributed by atoms with van der Waals surface area (Å²) in [7, 11) is 1.38. The van der Waals surface area contributed by atoms with Crippen molar-refractivity contribution in [1.82, 2.24) is 4.90 Å². The first-order valence-corrected chi connectivity index (χ1v) is 8.72. The summed E-state index contributed by atoms with van der Waals surface area (Å²) in [6.45, 7) is 2.46. The molecule has 24 heavy (non-hydrogen) atoms. The molecule has 1 aliphatic carbocycles. The molecule has 0 spiro atoms. The number of amides is 1. The number of rotatable bonds is 6. The standard InChI is InChI=1S/C20H27NO3/c1-16-8-10-17(11-9-16)12-13-19(22)21(15-14-20(23)24-2)18-6-4-3-5-7-18/h8-13,18H,3-7,14-15H2,1-2H3/b13-12+. The van der Waals surface area contributed by atoms with E-state index in [4.69, 9.17) is 4.74 Å². The number of carbonyl (C=O) groups is 2.